The van der Waals surface area contributed by atoms with E-state index < -0.39 is 60.4 Å². The molecular formula is C72H42N4OPt-2. The summed E-state index contributed by atoms with van der Waals surface area (Å²) in [6.07, 6.45) is 5.48. The van der Waals surface area contributed by atoms with Gasteiger partial charge in [-0.1, -0.05) is 223 Å². The standard InChI is InChI=1S/C72H42N4O.Pt/c1-3-19-46(20-4-1)50-31-15-32-51(47-21-5-2-6-22-47)69(50)74-45-75-67-43-48(38-40-60(67)56-27-11-7-23-52(56)53-24-9-13-29-58(53)63-35-17-37-66(74)71(63)75)77-49-39-41-61-64-34-16-33-62-57-28-12-8-25-54(57)55-26-10-14-30-59(55)65-36-18-42-73-72(65)76(70(62)64)68(61)44-49;/h1-42H;/q-2;/i1D,2D,3D,4D,5D,6D,19D,20D,21D,22D;. The fourth-order valence-electron chi connectivity index (χ4n) is 11.7. The summed E-state index contributed by atoms with van der Waals surface area (Å²) in [5.74, 6) is 0.737. The van der Waals surface area contributed by atoms with Crippen molar-refractivity contribution in [1.82, 2.24) is 13.8 Å². The van der Waals surface area contributed by atoms with Gasteiger partial charge in [0.15, 0.2) is 0 Å². The SMILES string of the molecule is [2H]c1c([2H])c([2H])c(-c2cccc(-c3c([2H])c([2H])c([2H])c([2H])c3[2H])c2-[n+]2[c-]n3c4[c-]c(Oc5[c-]c6c(cc5)c5cccc7c8ccccc8c8ccccc8c8cccnc8n6c75)ccc4c4ccccc4c4ccccc4c4cccc2c43)c([2H])c1[2H].[Pt]. The van der Waals surface area contributed by atoms with Crippen molar-refractivity contribution in [2.75, 3.05) is 0 Å². The Bertz CT molecular complexity index is 5700. The zero-order valence-electron chi connectivity index (χ0n) is 51.0. The van der Waals surface area contributed by atoms with Crippen molar-refractivity contribution < 1.29 is 44.1 Å². The van der Waals surface area contributed by atoms with Crippen molar-refractivity contribution in [3.63, 3.8) is 0 Å². The minimum Gasteiger partial charge on any atom is -0.510 e. The first-order chi connectivity index (χ1) is 42.4. The summed E-state index contributed by atoms with van der Waals surface area (Å²) in [6.45, 7) is 0. The second-order valence-corrected chi connectivity index (χ2v) is 19.0. The first-order valence-electron chi connectivity index (χ1n) is 30.2. The van der Waals surface area contributed by atoms with Crippen LogP contribution in [-0.4, -0.2) is 13.8 Å². The van der Waals surface area contributed by atoms with E-state index in [0.29, 0.717) is 28.0 Å². The predicted molar refractivity (Wildman–Crippen MR) is 317 cm³/mol. The molecule has 0 spiro atoms. The number of imidazole rings is 1. The quantitative estimate of drug-likeness (QED) is 0.127. The van der Waals surface area contributed by atoms with Crippen LogP contribution in [0.5, 0.6) is 11.5 Å². The average Bonchev–Trinajstić information content (AvgIpc) is 1.89. The van der Waals surface area contributed by atoms with Gasteiger partial charge in [-0.15, -0.1) is 35.0 Å². The van der Waals surface area contributed by atoms with E-state index in [1.54, 1.807) is 22.8 Å². The zero-order valence-corrected chi connectivity index (χ0v) is 43.3. The van der Waals surface area contributed by atoms with Gasteiger partial charge in [0.1, 0.15) is 5.65 Å². The third kappa shape index (κ3) is 6.98. The summed E-state index contributed by atoms with van der Waals surface area (Å²) >= 11 is 0. The molecule has 0 saturated heterocycles. The Morgan fingerprint density at radius 1 is 0.397 bits per heavy atom. The molecule has 11 aromatic carbocycles. The number of rotatable bonds is 5. The fraction of sp³-hybridized carbons (Fsp3) is 0. The Morgan fingerprint density at radius 3 is 1.38 bits per heavy atom. The monoisotopic (exact) mass is 1180 g/mol. The van der Waals surface area contributed by atoms with Crippen molar-refractivity contribution in [1.29, 1.82) is 0 Å². The molecular weight excluding hydrogens is 1130 g/mol. The molecule has 0 bridgehead atoms. The number of nitrogens with zero attached hydrogens (tertiary/aromatic N) is 4. The second kappa shape index (κ2) is 18.3. The van der Waals surface area contributed by atoms with Gasteiger partial charge < -0.3 is 13.5 Å². The maximum Gasteiger partial charge on any atom is 0.268 e. The summed E-state index contributed by atoms with van der Waals surface area (Å²) in [6, 6.07) is 64.2. The van der Waals surface area contributed by atoms with E-state index in [2.05, 4.69) is 126 Å². The molecule has 0 amide bonds. The van der Waals surface area contributed by atoms with Gasteiger partial charge in [-0.3, -0.25) is 4.57 Å². The Balaban J connectivity index is 0.00000650. The van der Waals surface area contributed by atoms with E-state index in [1.165, 1.54) is 0 Å². The van der Waals surface area contributed by atoms with Crippen LogP contribution in [0, 0.1) is 18.5 Å². The molecule has 78 heavy (non-hydrogen) atoms. The maximum atomic E-state index is 9.32. The molecule has 0 aliphatic carbocycles. The summed E-state index contributed by atoms with van der Waals surface area (Å²) in [5.41, 5.74) is 4.20. The molecule has 0 radical (unpaired) electrons. The van der Waals surface area contributed by atoms with Gasteiger partial charge >= 0.3 is 0 Å². The van der Waals surface area contributed by atoms with Crippen LogP contribution >= 0.6 is 0 Å². The molecule has 0 unspecified atom stereocenters. The zero-order chi connectivity index (χ0) is 59.3. The molecule has 16 aromatic rings. The van der Waals surface area contributed by atoms with Crippen LogP contribution in [0.3, 0.4) is 0 Å². The molecule has 368 valence electrons. The molecule has 5 aromatic heterocycles. The van der Waals surface area contributed by atoms with Crippen LogP contribution in [0.1, 0.15) is 13.7 Å². The normalized spacial score (nSPS) is 13.5. The number of ether oxygens (including phenoxy) is 1. The average molecular weight is 1180 g/mol. The Labute approximate surface area is 476 Å². The predicted octanol–water partition coefficient (Wildman–Crippen LogP) is 17.9. The number of pyridine rings is 1. The van der Waals surface area contributed by atoms with E-state index in [-0.39, 0.29) is 49.0 Å². The molecule has 0 saturated carbocycles. The van der Waals surface area contributed by atoms with E-state index in [4.69, 9.17) is 17.9 Å². The van der Waals surface area contributed by atoms with Crippen LogP contribution in [0.25, 0.3) is 137 Å². The number of hydrogen-bond acceptors (Lipinski definition) is 2. The van der Waals surface area contributed by atoms with E-state index in [9.17, 15) is 5.48 Å². The first-order valence-corrected chi connectivity index (χ1v) is 25.2. The molecule has 0 atom stereocenters. The van der Waals surface area contributed by atoms with Gasteiger partial charge in [-0.05, 0) is 88.4 Å². The second-order valence-electron chi connectivity index (χ2n) is 19.0. The Kier molecular flexibility index (Phi) is 8.51. The molecule has 5 nitrogen and oxygen atoms in total. The molecule has 5 heterocycles. The Hall–Kier alpha value is -9.67. The molecule has 0 aliphatic heterocycles. The Morgan fingerprint density at radius 2 is 0.821 bits per heavy atom. The molecule has 0 fully saturated rings. The van der Waals surface area contributed by atoms with Gasteiger partial charge in [-0.2, -0.15) is 12.1 Å². The van der Waals surface area contributed by atoms with Crippen LogP contribution in [0.4, 0.5) is 0 Å². The van der Waals surface area contributed by atoms with Crippen LogP contribution in [0.2, 0.25) is 0 Å². The first kappa shape index (κ1) is 36.3. The van der Waals surface area contributed by atoms with Crippen LogP contribution in [0.15, 0.2) is 255 Å². The van der Waals surface area contributed by atoms with E-state index in [1.807, 2.05) is 77.3 Å². The topological polar surface area (TPSA) is 34.8 Å². The smallest absolute Gasteiger partial charge is 0.268 e. The van der Waals surface area contributed by atoms with E-state index in [0.717, 1.165) is 92.1 Å². The van der Waals surface area contributed by atoms with Crippen molar-refractivity contribution >= 4 is 109 Å². The van der Waals surface area contributed by atoms with Crippen molar-refractivity contribution in [2.24, 2.45) is 0 Å². The van der Waals surface area contributed by atoms with Gasteiger partial charge in [0, 0.05) is 55.1 Å². The number of aromatic nitrogens is 4. The fourth-order valence-corrected chi connectivity index (χ4v) is 11.7. The van der Waals surface area contributed by atoms with Gasteiger partial charge in [-0.25, -0.2) is 4.98 Å². The summed E-state index contributed by atoms with van der Waals surface area (Å²) in [4.78, 5) is 5.14. The van der Waals surface area contributed by atoms with Gasteiger partial charge in [0.25, 0.3) is 6.33 Å². The van der Waals surface area contributed by atoms with Crippen molar-refractivity contribution in [3.05, 3.63) is 273 Å². The van der Waals surface area contributed by atoms with E-state index >= 15 is 0 Å². The molecule has 0 aliphatic rings. The third-order valence-electron chi connectivity index (χ3n) is 14.9. The summed E-state index contributed by atoms with van der Waals surface area (Å²) in [7, 11) is 0. The molecule has 0 N–H and O–H groups in total. The van der Waals surface area contributed by atoms with Crippen molar-refractivity contribution in [3.8, 4) is 39.4 Å². The largest absolute Gasteiger partial charge is 0.510 e. The maximum absolute atomic E-state index is 9.32. The van der Waals surface area contributed by atoms with Crippen LogP contribution in [-0.2, 0) is 21.1 Å². The van der Waals surface area contributed by atoms with Gasteiger partial charge in [0.05, 0.1) is 30.4 Å². The summed E-state index contributed by atoms with van der Waals surface area (Å²) in [5, 5.41) is 13.5. The molecule has 6 heteroatoms. The van der Waals surface area contributed by atoms with Crippen molar-refractivity contribution in [2.45, 2.75) is 0 Å². The number of para-hydroxylation sites is 3. The van der Waals surface area contributed by atoms with Crippen LogP contribution < -0.4 is 9.30 Å². The number of fused-ring (bicyclic) bond motifs is 17. The van der Waals surface area contributed by atoms with Gasteiger partial charge in [0.2, 0.25) is 0 Å². The summed E-state index contributed by atoms with van der Waals surface area (Å²) < 4.78 is 102. The minimum atomic E-state index is -0.583. The third-order valence-corrected chi connectivity index (χ3v) is 14.9. The number of benzene rings is 11. The molecule has 16 rings (SSSR count). The minimum absolute atomic E-state index is 0. The number of hydrogen-bond donors (Lipinski definition) is 0.